The van der Waals surface area contributed by atoms with Crippen LogP contribution in [0.2, 0.25) is 0 Å². The molecule has 2 rings (SSSR count). The average molecular weight is 330 g/mol. The Morgan fingerprint density at radius 2 is 1.75 bits per heavy atom. The van der Waals surface area contributed by atoms with Crippen LogP contribution in [0.15, 0.2) is 59.1 Å². The van der Waals surface area contributed by atoms with Crippen LogP contribution in [0.1, 0.15) is 24.2 Å². The topological polar surface area (TPSA) is 44.0 Å². The number of nitrogens with zero attached hydrogens (tertiary/aromatic N) is 1. The summed E-state index contributed by atoms with van der Waals surface area (Å²) in [5, 5.41) is 20.2. The fraction of sp³-hybridized carbons (Fsp3) is 0.235. The summed E-state index contributed by atoms with van der Waals surface area (Å²) in [6.45, 7) is 1.80. The second-order valence-electron chi connectivity index (χ2n) is 5.12. The van der Waals surface area contributed by atoms with E-state index in [0.29, 0.717) is 6.42 Å². The molecule has 2 unspecified atom stereocenters. The molecule has 20 heavy (non-hydrogen) atoms. The zero-order chi connectivity index (χ0) is 14.6. The summed E-state index contributed by atoms with van der Waals surface area (Å²) < 4.78 is 0.821. The molecule has 0 heterocycles. The second kappa shape index (κ2) is 6.21. The second-order valence-corrected chi connectivity index (χ2v) is 5.97. The van der Waals surface area contributed by atoms with E-state index < -0.39 is 11.5 Å². The SMILES string of the molecule is CC(C#N)(Cc1ccccc1)C(O)c1ccccc1Br. The molecule has 0 aliphatic carbocycles. The van der Waals surface area contributed by atoms with Crippen LogP contribution in [0.4, 0.5) is 0 Å². The van der Waals surface area contributed by atoms with Crippen LogP contribution in [0.3, 0.4) is 0 Å². The Bertz CT molecular complexity index is 620. The summed E-state index contributed by atoms with van der Waals surface area (Å²) >= 11 is 3.43. The van der Waals surface area contributed by atoms with Crippen LogP contribution in [0.25, 0.3) is 0 Å². The lowest BCUT2D eigenvalue weighted by molar-refractivity contribution is 0.0742. The number of nitriles is 1. The van der Waals surface area contributed by atoms with Crippen molar-refractivity contribution in [1.82, 2.24) is 0 Å². The number of hydrogen-bond acceptors (Lipinski definition) is 2. The van der Waals surface area contributed by atoms with Crippen LogP contribution in [0.5, 0.6) is 0 Å². The minimum absolute atomic E-state index is 0.507. The highest BCUT2D eigenvalue weighted by Crippen LogP contribution is 2.39. The van der Waals surface area contributed by atoms with E-state index in [-0.39, 0.29) is 0 Å². The zero-order valence-electron chi connectivity index (χ0n) is 11.3. The molecule has 0 aliphatic rings. The van der Waals surface area contributed by atoms with E-state index in [2.05, 4.69) is 22.0 Å². The summed E-state index contributed by atoms with van der Waals surface area (Å²) in [6.07, 6.45) is -0.337. The predicted molar refractivity (Wildman–Crippen MR) is 83.0 cm³/mol. The number of rotatable bonds is 4. The molecular weight excluding hydrogens is 314 g/mol. The molecule has 0 radical (unpaired) electrons. The van der Waals surface area contributed by atoms with E-state index >= 15 is 0 Å². The molecule has 0 saturated carbocycles. The molecule has 1 N–H and O–H groups in total. The van der Waals surface area contributed by atoms with E-state index in [1.807, 2.05) is 54.6 Å². The van der Waals surface area contributed by atoms with Gasteiger partial charge in [0.1, 0.15) is 0 Å². The normalized spacial score (nSPS) is 15.1. The molecule has 2 atom stereocenters. The smallest absolute Gasteiger partial charge is 0.0987 e. The van der Waals surface area contributed by atoms with Crippen molar-refractivity contribution in [1.29, 1.82) is 5.26 Å². The van der Waals surface area contributed by atoms with Gasteiger partial charge in [-0.3, -0.25) is 0 Å². The van der Waals surface area contributed by atoms with E-state index in [1.165, 1.54) is 0 Å². The van der Waals surface area contributed by atoms with Crippen LogP contribution < -0.4 is 0 Å². The van der Waals surface area contributed by atoms with E-state index in [1.54, 1.807) is 6.92 Å². The summed E-state index contributed by atoms with van der Waals surface area (Å²) in [4.78, 5) is 0. The van der Waals surface area contributed by atoms with Crippen molar-refractivity contribution in [2.45, 2.75) is 19.4 Å². The third kappa shape index (κ3) is 3.09. The van der Waals surface area contributed by atoms with Crippen molar-refractivity contribution >= 4 is 15.9 Å². The number of halogens is 1. The average Bonchev–Trinajstić information content (AvgIpc) is 2.48. The number of aliphatic hydroxyl groups excluding tert-OH is 1. The van der Waals surface area contributed by atoms with Gasteiger partial charge in [0.05, 0.1) is 17.6 Å². The van der Waals surface area contributed by atoms with Gasteiger partial charge >= 0.3 is 0 Å². The van der Waals surface area contributed by atoms with Gasteiger partial charge < -0.3 is 5.11 Å². The zero-order valence-corrected chi connectivity index (χ0v) is 12.8. The maximum Gasteiger partial charge on any atom is 0.0987 e. The molecule has 0 amide bonds. The standard InChI is InChI=1S/C17H16BrNO/c1-17(12-19,11-13-7-3-2-4-8-13)16(20)14-9-5-6-10-15(14)18/h2-10,16,20H,11H2,1H3. The van der Waals surface area contributed by atoms with Crippen molar-refractivity contribution < 1.29 is 5.11 Å². The van der Waals surface area contributed by atoms with Gasteiger partial charge in [-0.15, -0.1) is 0 Å². The van der Waals surface area contributed by atoms with Crippen molar-refractivity contribution in [3.63, 3.8) is 0 Å². The Balaban J connectivity index is 2.32. The van der Waals surface area contributed by atoms with Crippen molar-refractivity contribution in [3.8, 4) is 6.07 Å². The first-order valence-corrected chi connectivity index (χ1v) is 7.24. The summed E-state index contributed by atoms with van der Waals surface area (Å²) in [5.41, 5.74) is 0.917. The van der Waals surface area contributed by atoms with Crippen molar-refractivity contribution in [2.75, 3.05) is 0 Å². The van der Waals surface area contributed by atoms with Gasteiger partial charge in [0.25, 0.3) is 0 Å². The first-order valence-electron chi connectivity index (χ1n) is 6.44. The maximum absolute atomic E-state index is 10.6. The van der Waals surface area contributed by atoms with Crippen LogP contribution in [-0.4, -0.2) is 5.11 Å². The fourth-order valence-electron chi connectivity index (χ4n) is 2.26. The molecular formula is C17H16BrNO. The number of benzene rings is 2. The lowest BCUT2D eigenvalue weighted by Crippen LogP contribution is -2.26. The molecule has 2 aromatic rings. The Hall–Kier alpha value is -1.63. The quantitative estimate of drug-likeness (QED) is 0.910. The Kier molecular flexibility index (Phi) is 4.59. The first-order chi connectivity index (χ1) is 9.57. The molecule has 0 saturated heterocycles. The molecule has 0 fully saturated rings. The lowest BCUT2D eigenvalue weighted by atomic mass is 9.77. The first kappa shape index (κ1) is 14.8. The van der Waals surface area contributed by atoms with Gasteiger partial charge in [-0.05, 0) is 30.5 Å². The van der Waals surface area contributed by atoms with Crippen LogP contribution >= 0.6 is 15.9 Å². The van der Waals surface area contributed by atoms with E-state index in [9.17, 15) is 10.4 Å². The Labute approximate surface area is 127 Å². The molecule has 2 nitrogen and oxygen atoms in total. The fourth-order valence-corrected chi connectivity index (χ4v) is 2.76. The van der Waals surface area contributed by atoms with Gasteiger partial charge in [0.2, 0.25) is 0 Å². The van der Waals surface area contributed by atoms with Gasteiger partial charge in [-0.2, -0.15) is 5.26 Å². The molecule has 0 aromatic heterocycles. The number of hydrogen-bond donors (Lipinski definition) is 1. The summed E-state index contributed by atoms with van der Waals surface area (Å²) in [6, 6.07) is 19.5. The molecule has 102 valence electrons. The minimum Gasteiger partial charge on any atom is -0.387 e. The molecule has 0 aliphatic heterocycles. The highest BCUT2D eigenvalue weighted by molar-refractivity contribution is 9.10. The maximum atomic E-state index is 10.6. The summed E-state index contributed by atoms with van der Waals surface area (Å²) in [5.74, 6) is 0. The van der Waals surface area contributed by atoms with Crippen molar-refractivity contribution in [2.24, 2.45) is 5.41 Å². The number of aliphatic hydroxyl groups is 1. The third-order valence-electron chi connectivity index (χ3n) is 3.47. The van der Waals surface area contributed by atoms with Gasteiger partial charge in [-0.1, -0.05) is 64.5 Å². The minimum atomic E-state index is -0.870. The lowest BCUT2D eigenvalue weighted by Gasteiger charge is -2.28. The highest BCUT2D eigenvalue weighted by Gasteiger charge is 2.35. The van der Waals surface area contributed by atoms with Crippen LogP contribution in [-0.2, 0) is 6.42 Å². The highest BCUT2D eigenvalue weighted by atomic mass is 79.9. The van der Waals surface area contributed by atoms with Crippen molar-refractivity contribution in [3.05, 3.63) is 70.2 Å². The van der Waals surface area contributed by atoms with E-state index in [0.717, 1.165) is 15.6 Å². The van der Waals surface area contributed by atoms with Gasteiger partial charge in [0, 0.05) is 4.47 Å². The van der Waals surface area contributed by atoms with Gasteiger partial charge in [0.15, 0.2) is 0 Å². The molecule has 3 heteroatoms. The molecule has 0 bridgehead atoms. The summed E-state index contributed by atoms with van der Waals surface area (Å²) in [7, 11) is 0. The largest absolute Gasteiger partial charge is 0.387 e. The van der Waals surface area contributed by atoms with Gasteiger partial charge in [-0.25, -0.2) is 0 Å². The van der Waals surface area contributed by atoms with E-state index in [4.69, 9.17) is 0 Å². The third-order valence-corrected chi connectivity index (χ3v) is 4.20. The molecule has 2 aromatic carbocycles. The Morgan fingerprint density at radius 3 is 2.35 bits per heavy atom. The monoisotopic (exact) mass is 329 g/mol. The molecule has 0 spiro atoms. The van der Waals surface area contributed by atoms with Crippen LogP contribution in [0, 0.1) is 16.7 Å². The predicted octanol–water partition coefficient (Wildman–Crippen LogP) is 4.26. The Morgan fingerprint density at radius 1 is 1.15 bits per heavy atom.